The molecule has 1 heterocycles. The number of sulfone groups is 1. The SMILES string of the molecule is CC1(C)CN(C(=O)C2CC3CCCC(C2)C3=O)CCS1(=O)=O. The van der Waals surface area contributed by atoms with Crippen LogP contribution in [0.15, 0.2) is 0 Å². The van der Waals surface area contributed by atoms with Crippen LogP contribution in [0.5, 0.6) is 0 Å². The normalized spacial score (nSPS) is 36.9. The molecule has 2 atom stereocenters. The highest BCUT2D eigenvalue weighted by molar-refractivity contribution is 7.92. The Morgan fingerprint density at radius 2 is 1.77 bits per heavy atom. The number of rotatable bonds is 1. The number of carbonyl (C=O) groups excluding carboxylic acids is 2. The Morgan fingerprint density at radius 3 is 2.32 bits per heavy atom. The van der Waals surface area contributed by atoms with Gasteiger partial charge in [0.15, 0.2) is 9.84 Å². The molecule has 3 aliphatic rings. The van der Waals surface area contributed by atoms with Crippen LogP contribution < -0.4 is 0 Å². The lowest BCUT2D eigenvalue weighted by molar-refractivity contribution is -0.143. The molecule has 3 rings (SSSR count). The van der Waals surface area contributed by atoms with Crippen molar-refractivity contribution in [2.75, 3.05) is 18.8 Å². The van der Waals surface area contributed by atoms with E-state index < -0.39 is 14.6 Å². The van der Waals surface area contributed by atoms with Gasteiger partial charge in [0.05, 0.1) is 10.5 Å². The van der Waals surface area contributed by atoms with Crippen LogP contribution in [0.1, 0.15) is 46.0 Å². The molecule has 2 unspecified atom stereocenters. The van der Waals surface area contributed by atoms with Gasteiger partial charge in [-0.25, -0.2) is 8.42 Å². The molecule has 1 amide bonds. The van der Waals surface area contributed by atoms with Crippen molar-refractivity contribution in [3.05, 3.63) is 0 Å². The third kappa shape index (κ3) is 2.59. The predicted octanol–water partition coefficient (Wildman–Crippen LogP) is 1.42. The molecule has 0 radical (unpaired) electrons. The first-order chi connectivity index (χ1) is 10.2. The fourth-order valence-electron chi connectivity index (χ4n) is 4.27. The van der Waals surface area contributed by atoms with Crippen molar-refractivity contribution < 1.29 is 18.0 Å². The Hall–Kier alpha value is -0.910. The molecule has 2 bridgehead atoms. The second kappa shape index (κ2) is 5.32. The van der Waals surface area contributed by atoms with Gasteiger partial charge in [0.2, 0.25) is 5.91 Å². The maximum atomic E-state index is 12.8. The number of carbonyl (C=O) groups is 2. The van der Waals surface area contributed by atoms with E-state index in [2.05, 4.69) is 0 Å². The summed E-state index contributed by atoms with van der Waals surface area (Å²) < 4.78 is 23.3. The summed E-state index contributed by atoms with van der Waals surface area (Å²) in [6.45, 7) is 3.96. The largest absolute Gasteiger partial charge is 0.340 e. The minimum atomic E-state index is -3.13. The van der Waals surface area contributed by atoms with Crippen molar-refractivity contribution in [3.63, 3.8) is 0 Å². The molecule has 0 aromatic rings. The smallest absolute Gasteiger partial charge is 0.225 e. The minimum Gasteiger partial charge on any atom is -0.340 e. The zero-order valence-corrected chi connectivity index (χ0v) is 14.2. The maximum absolute atomic E-state index is 12.8. The quantitative estimate of drug-likeness (QED) is 0.730. The third-order valence-electron chi connectivity index (χ3n) is 5.75. The van der Waals surface area contributed by atoms with Crippen molar-refractivity contribution in [1.29, 1.82) is 0 Å². The maximum Gasteiger partial charge on any atom is 0.225 e. The second-order valence-electron chi connectivity index (χ2n) is 7.73. The van der Waals surface area contributed by atoms with E-state index in [9.17, 15) is 18.0 Å². The van der Waals surface area contributed by atoms with Gasteiger partial charge in [0.1, 0.15) is 5.78 Å². The van der Waals surface area contributed by atoms with E-state index in [1.807, 2.05) is 0 Å². The van der Waals surface area contributed by atoms with Gasteiger partial charge in [0.25, 0.3) is 0 Å². The molecule has 2 aliphatic carbocycles. The van der Waals surface area contributed by atoms with Gasteiger partial charge < -0.3 is 4.90 Å². The monoisotopic (exact) mass is 327 g/mol. The summed E-state index contributed by atoms with van der Waals surface area (Å²) in [4.78, 5) is 26.7. The number of amides is 1. The molecule has 3 fully saturated rings. The Balaban J connectivity index is 1.71. The number of nitrogens with zero attached hydrogens (tertiary/aromatic N) is 1. The first-order valence-electron chi connectivity index (χ1n) is 8.26. The summed E-state index contributed by atoms with van der Waals surface area (Å²) in [5, 5.41) is 0. The van der Waals surface area contributed by atoms with E-state index >= 15 is 0 Å². The molecule has 2 saturated carbocycles. The third-order valence-corrected chi connectivity index (χ3v) is 8.29. The lowest BCUT2D eigenvalue weighted by Gasteiger charge is -2.42. The van der Waals surface area contributed by atoms with Crippen molar-refractivity contribution in [2.24, 2.45) is 17.8 Å². The average molecular weight is 327 g/mol. The van der Waals surface area contributed by atoms with Gasteiger partial charge in [0, 0.05) is 30.8 Å². The van der Waals surface area contributed by atoms with Gasteiger partial charge in [-0.05, 0) is 39.5 Å². The average Bonchev–Trinajstić information content (AvgIpc) is 2.41. The van der Waals surface area contributed by atoms with Crippen molar-refractivity contribution in [3.8, 4) is 0 Å². The van der Waals surface area contributed by atoms with Crippen LogP contribution in [0.2, 0.25) is 0 Å². The summed E-state index contributed by atoms with van der Waals surface area (Å²) in [7, 11) is -3.13. The van der Waals surface area contributed by atoms with Crippen molar-refractivity contribution in [1.82, 2.24) is 4.90 Å². The lowest BCUT2D eigenvalue weighted by atomic mass is 9.67. The summed E-state index contributed by atoms with van der Waals surface area (Å²) in [5.41, 5.74) is 0. The first-order valence-corrected chi connectivity index (χ1v) is 9.91. The van der Waals surface area contributed by atoms with E-state index in [4.69, 9.17) is 0 Å². The lowest BCUT2D eigenvalue weighted by Crippen LogP contribution is -2.56. The van der Waals surface area contributed by atoms with Gasteiger partial charge in [-0.2, -0.15) is 0 Å². The van der Waals surface area contributed by atoms with Crippen LogP contribution in [-0.2, 0) is 19.4 Å². The van der Waals surface area contributed by atoms with E-state index in [0.29, 0.717) is 25.2 Å². The molecule has 0 aromatic carbocycles. The Bertz CT molecular complexity index is 579. The fraction of sp³-hybridized carbons (Fsp3) is 0.875. The highest BCUT2D eigenvalue weighted by atomic mass is 32.2. The summed E-state index contributed by atoms with van der Waals surface area (Å²) in [5.74, 6) is 0.490. The van der Waals surface area contributed by atoms with E-state index in [1.54, 1.807) is 18.7 Å². The van der Waals surface area contributed by atoms with E-state index in [-0.39, 0.29) is 36.0 Å². The van der Waals surface area contributed by atoms with Crippen molar-refractivity contribution in [2.45, 2.75) is 50.7 Å². The number of Topliss-reactive ketones (excluding diaryl/α,β-unsaturated/α-hetero) is 1. The van der Waals surface area contributed by atoms with Crippen LogP contribution in [0, 0.1) is 17.8 Å². The first kappa shape index (κ1) is 16.0. The molecule has 1 saturated heterocycles. The number of fused-ring (bicyclic) bond motifs is 2. The minimum absolute atomic E-state index is 0.0459. The zero-order chi connectivity index (χ0) is 16.1. The molecule has 1 aliphatic heterocycles. The highest BCUT2D eigenvalue weighted by Crippen LogP contribution is 2.41. The number of ketones is 1. The van der Waals surface area contributed by atoms with Crippen LogP contribution in [0.25, 0.3) is 0 Å². The molecular formula is C16H25NO4S. The molecule has 22 heavy (non-hydrogen) atoms. The molecular weight excluding hydrogens is 302 g/mol. The van der Waals surface area contributed by atoms with Gasteiger partial charge in [-0.1, -0.05) is 6.42 Å². The summed E-state index contributed by atoms with van der Waals surface area (Å²) in [6, 6.07) is 0. The fourth-order valence-corrected chi connectivity index (χ4v) is 5.64. The van der Waals surface area contributed by atoms with Crippen LogP contribution in [0.3, 0.4) is 0 Å². The summed E-state index contributed by atoms with van der Waals surface area (Å²) >= 11 is 0. The highest BCUT2D eigenvalue weighted by Gasteiger charge is 2.46. The van der Waals surface area contributed by atoms with Crippen LogP contribution in [-0.4, -0.2) is 48.6 Å². The predicted molar refractivity (Wildman–Crippen MR) is 83.0 cm³/mol. The molecule has 0 N–H and O–H groups in total. The van der Waals surface area contributed by atoms with Gasteiger partial charge in [-0.3, -0.25) is 9.59 Å². The molecule has 5 nitrogen and oxygen atoms in total. The van der Waals surface area contributed by atoms with Crippen molar-refractivity contribution >= 4 is 21.5 Å². The van der Waals surface area contributed by atoms with Crippen LogP contribution >= 0.6 is 0 Å². The Kier molecular flexibility index (Phi) is 3.86. The van der Waals surface area contributed by atoms with Gasteiger partial charge in [-0.15, -0.1) is 0 Å². The summed E-state index contributed by atoms with van der Waals surface area (Å²) in [6.07, 6.45) is 4.25. The molecule has 124 valence electrons. The standard InChI is InChI=1S/C16H25NO4S/c1-16(2)10-17(6-7-22(16,20)21)15(19)13-8-11-4-3-5-12(9-13)14(11)18/h11-13H,3-10H2,1-2H3. The topological polar surface area (TPSA) is 71.5 Å². The molecule has 0 aromatic heterocycles. The van der Waals surface area contributed by atoms with E-state index in [0.717, 1.165) is 19.3 Å². The Morgan fingerprint density at radius 1 is 1.18 bits per heavy atom. The molecule has 0 spiro atoms. The zero-order valence-electron chi connectivity index (χ0n) is 13.4. The number of hydrogen-bond acceptors (Lipinski definition) is 4. The van der Waals surface area contributed by atoms with Gasteiger partial charge >= 0.3 is 0 Å². The van der Waals surface area contributed by atoms with E-state index in [1.165, 1.54) is 0 Å². The number of hydrogen-bond donors (Lipinski definition) is 0. The Labute approximate surface area is 132 Å². The second-order valence-corrected chi connectivity index (χ2v) is 10.5. The molecule has 6 heteroatoms. The van der Waals surface area contributed by atoms with Crippen LogP contribution in [0.4, 0.5) is 0 Å².